The number of carbonyl (C=O) groups is 1. The van der Waals surface area contributed by atoms with Crippen LogP contribution in [0.2, 0.25) is 0 Å². The second-order valence-electron chi connectivity index (χ2n) is 6.04. The third-order valence-electron chi connectivity index (χ3n) is 4.20. The highest BCUT2D eigenvalue weighted by molar-refractivity contribution is 6.06. The molecule has 6 nitrogen and oxygen atoms in total. The van der Waals surface area contributed by atoms with Crippen molar-refractivity contribution in [3.05, 3.63) is 83.7 Å². The van der Waals surface area contributed by atoms with E-state index in [1.807, 2.05) is 41.1 Å². The number of halogens is 1. The monoisotopic (exact) mass is 361 g/mol. The molecule has 1 N–H and O–H groups in total. The van der Waals surface area contributed by atoms with Gasteiger partial charge in [0.1, 0.15) is 6.67 Å². The van der Waals surface area contributed by atoms with E-state index in [0.29, 0.717) is 17.9 Å². The van der Waals surface area contributed by atoms with Crippen LogP contribution in [0, 0.1) is 0 Å². The van der Waals surface area contributed by atoms with E-state index in [2.05, 4.69) is 20.6 Å². The number of para-hydroxylation sites is 1. The SMILES string of the molecule is O=C(Nc1nn(Cc2ccc(CF)cc2)c2ccccc12)c1cccnn1. The number of hydrogen-bond donors (Lipinski definition) is 1. The zero-order valence-corrected chi connectivity index (χ0v) is 14.3. The van der Waals surface area contributed by atoms with Gasteiger partial charge in [-0.25, -0.2) is 4.39 Å². The Bertz CT molecular complexity index is 1080. The van der Waals surface area contributed by atoms with E-state index in [4.69, 9.17) is 0 Å². The number of aromatic nitrogens is 4. The van der Waals surface area contributed by atoms with E-state index in [1.54, 1.807) is 24.3 Å². The highest BCUT2D eigenvalue weighted by Gasteiger charge is 2.15. The summed E-state index contributed by atoms with van der Waals surface area (Å²) in [5.41, 5.74) is 2.74. The molecule has 1 amide bonds. The molecule has 0 bridgehead atoms. The fourth-order valence-electron chi connectivity index (χ4n) is 2.84. The van der Waals surface area contributed by atoms with Crippen LogP contribution in [0.3, 0.4) is 0 Å². The molecule has 0 aliphatic carbocycles. The average molecular weight is 361 g/mol. The lowest BCUT2D eigenvalue weighted by Crippen LogP contribution is -2.15. The van der Waals surface area contributed by atoms with E-state index in [0.717, 1.165) is 16.5 Å². The number of rotatable bonds is 5. The minimum atomic E-state index is -0.483. The summed E-state index contributed by atoms with van der Waals surface area (Å²) in [6.07, 6.45) is 1.51. The topological polar surface area (TPSA) is 72.7 Å². The summed E-state index contributed by atoms with van der Waals surface area (Å²) in [7, 11) is 0. The third kappa shape index (κ3) is 3.52. The van der Waals surface area contributed by atoms with E-state index < -0.39 is 6.67 Å². The van der Waals surface area contributed by atoms with Gasteiger partial charge in [0.05, 0.1) is 12.1 Å². The first-order valence-electron chi connectivity index (χ1n) is 8.43. The summed E-state index contributed by atoms with van der Waals surface area (Å²) in [6.45, 7) is 0.0254. The summed E-state index contributed by atoms with van der Waals surface area (Å²) in [4.78, 5) is 12.4. The van der Waals surface area contributed by atoms with E-state index in [1.165, 1.54) is 6.20 Å². The first-order valence-corrected chi connectivity index (χ1v) is 8.43. The van der Waals surface area contributed by atoms with Crippen LogP contribution >= 0.6 is 0 Å². The van der Waals surface area contributed by atoms with Crippen molar-refractivity contribution in [1.29, 1.82) is 0 Å². The van der Waals surface area contributed by atoms with Crippen molar-refractivity contribution in [3.8, 4) is 0 Å². The largest absolute Gasteiger partial charge is 0.303 e. The molecular formula is C20H16FN5O. The maximum atomic E-state index is 12.7. The number of nitrogens with zero attached hydrogens (tertiary/aromatic N) is 4. The summed E-state index contributed by atoms with van der Waals surface area (Å²) in [5.74, 6) is 0.0902. The number of carbonyl (C=O) groups excluding carboxylic acids is 1. The molecule has 0 aliphatic heterocycles. The maximum absolute atomic E-state index is 12.7. The second-order valence-corrected chi connectivity index (χ2v) is 6.04. The van der Waals surface area contributed by atoms with E-state index in [9.17, 15) is 9.18 Å². The Morgan fingerprint density at radius 1 is 1.00 bits per heavy atom. The smallest absolute Gasteiger partial charge is 0.277 e. The van der Waals surface area contributed by atoms with Crippen LogP contribution in [-0.4, -0.2) is 25.9 Å². The Morgan fingerprint density at radius 2 is 1.78 bits per heavy atom. The van der Waals surface area contributed by atoms with Gasteiger partial charge in [-0.15, -0.1) is 5.10 Å². The van der Waals surface area contributed by atoms with Gasteiger partial charge in [-0.2, -0.15) is 10.2 Å². The van der Waals surface area contributed by atoms with Gasteiger partial charge in [0.25, 0.3) is 5.91 Å². The molecule has 0 unspecified atom stereocenters. The number of alkyl halides is 1. The lowest BCUT2D eigenvalue weighted by Gasteiger charge is -2.04. The molecule has 0 aliphatic rings. The molecule has 0 atom stereocenters. The maximum Gasteiger partial charge on any atom is 0.277 e. The fourth-order valence-corrected chi connectivity index (χ4v) is 2.84. The summed E-state index contributed by atoms with van der Waals surface area (Å²) in [6, 6.07) is 18.2. The molecule has 0 saturated carbocycles. The highest BCUT2D eigenvalue weighted by atomic mass is 19.1. The van der Waals surface area contributed by atoms with Crippen molar-refractivity contribution < 1.29 is 9.18 Å². The number of anilines is 1. The molecule has 0 radical (unpaired) electrons. The molecule has 4 aromatic rings. The van der Waals surface area contributed by atoms with Gasteiger partial charge in [-0.1, -0.05) is 36.4 Å². The van der Waals surface area contributed by atoms with Gasteiger partial charge in [0, 0.05) is 11.6 Å². The van der Waals surface area contributed by atoms with Crippen LogP contribution in [0.5, 0.6) is 0 Å². The van der Waals surface area contributed by atoms with E-state index in [-0.39, 0.29) is 11.6 Å². The van der Waals surface area contributed by atoms with Crippen molar-refractivity contribution in [2.75, 3.05) is 5.32 Å². The highest BCUT2D eigenvalue weighted by Crippen LogP contribution is 2.24. The van der Waals surface area contributed by atoms with Gasteiger partial charge in [-0.05, 0) is 35.4 Å². The predicted octanol–water partition coefficient (Wildman–Crippen LogP) is 3.60. The Labute approximate surface area is 154 Å². The third-order valence-corrected chi connectivity index (χ3v) is 4.20. The summed E-state index contributed by atoms with van der Waals surface area (Å²) in [5, 5.41) is 15.7. The number of fused-ring (bicyclic) bond motifs is 1. The number of hydrogen-bond acceptors (Lipinski definition) is 4. The average Bonchev–Trinajstić information content (AvgIpc) is 3.06. The van der Waals surface area contributed by atoms with Crippen molar-refractivity contribution in [2.24, 2.45) is 0 Å². The van der Waals surface area contributed by atoms with Crippen molar-refractivity contribution in [2.45, 2.75) is 13.2 Å². The van der Waals surface area contributed by atoms with Crippen LogP contribution in [0.25, 0.3) is 10.9 Å². The normalized spacial score (nSPS) is 10.9. The van der Waals surface area contributed by atoms with Crippen LogP contribution in [0.15, 0.2) is 66.9 Å². The summed E-state index contributed by atoms with van der Waals surface area (Å²) < 4.78 is 14.5. The molecule has 2 aromatic carbocycles. The Hall–Kier alpha value is -3.61. The van der Waals surface area contributed by atoms with Gasteiger partial charge < -0.3 is 5.32 Å². The zero-order chi connectivity index (χ0) is 18.6. The van der Waals surface area contributed by atoms with Crippen LogP contribution in [0.4, 0.5) is 10.2 Å². The Morgan fingerprint density at radius 3 is 2.52 bits per heavy atom. The summed E-state index contributed by atoms with van der Waals surface area (Å²) >= 11 is 0. The predicted molar refractivity (Wildman–Crippen MR) is 100 cm³/mol. The first kappa shape index (κ1) is 16.8. The fraction of sp³-hybridized carbons (Fsp3) is 0.100. The van der Waals surface area contributed by atoms with Crippen molar-refractivity contribution >= 4 is 22.6 Å². The molecular weight excluding hydrogens is 345 g/mol. The zero-order valence-electron chi connectivity index (χ0n) is 14.3. The minimum absolute atomic E-state index is 0.220. The van der Waals surface area contributed by atoms with Crippen LogP contribution in [0.1, 0.15) is 21.6 Å². The lowest BCUT2D eigenvalue weighted by atomic mass is 10.1. The Kier molecular flexibility index (Phi) is 4.57. The standard InChI is InChI=1S/C20H16FN5O/c21-12-14-7-9-15(10-8-14)13-26-18-6-2-1-4-16(18)19(25-26)23-20(27)17-5-3-11-22-24-17/h1-11H,12-13H2,(H,23,25,27). The van der Waals surface area contributed by atoms with Crippen LogP contribution in [-0.2, 0) is 13.2 Å². The van der Waals surface area contributed by atoms with E-state index >= 15 is 0 Å². The Balaban J connectivity index is 1.65. The minimum Gasteiger partial charge on any atom is -0.303 e. The van der Waals surface area contributed by atoms with Crippen LogP contribution < -0.4 is 5.32 Å². The number of amides is 1. The molecule has 0 fully saturated rings. The number of nitrogens with one attached hydrogen (secondary N) is 1. The van der Waals surface area contributed by atoms with Crippen molar-refractivity contribution in [1.82, 2.24) is 20.0 Å². The molecule has 2 heterocycles. The lowest BCUT2D eigenvalue weighted by molar-refractivity contribution is 0.102. The molecule has 0 saturated heterocycles. The molecule has 27 heavy (non-hydrogen) atoms. The first-order chi connectivity index (χ1) is 13.2. The molecule has 7 heteroatoms. The second kappa shape index (κ2) is 7.33. The van der Waals surface area contributed by atoms with Gasteiger partial charge in [-0.3, -0.25) is 9.48 Å². The van der Waals surface area contributed by atoms with Crippen molar-refractivity contribution in [3.63, 3.8) is 0 Å². The molecule has 0 spiro atoms. The van der Waals surface area contributed by atoms with Gasteiger partial charge >= 0.3 is 0 Å². The molecule has 2 aromatic heterocycles. The van der Waals surface area contributed by atoms with Gasteiger partial charge in [0.15, 0.2) is 11.5 Å². The van der Waals surface area contributed by atoms with Gasteiger partial charge in [0.2, 0.25) is 0 Å². The quantitative estimate of drug-likeness (QED) is 0.589. The number of benzene rings is 2. The molecule has 134 valence electrons. The molecule has 4 rings (SSSR count).